The van der Waals surface area contributed by atoms with Crippen LogP contribution in [0.1, 0.15) is 186 Å². The maximum absolute atomic E-state index is 13.3. The average Bonchev–Trinajstić information content (AvgIpc) is 1.61. The number of carboxylic acids is 1. The number of rotatable bonds is 28. The van der Waals surface area contributed by atoms with Crippen LogP contribution in [0.3, 0.4) is 0 Å². The molecule has 0 radical (unpaired) electrons. The van der Waals surface area contributed by atoms with Gasteiger partial charge in [-0.2, -0.15) is 25.7 Å². The summed E-state index contributed by atoms with van der Waals surface area (Å²) >= 11 is 0. The number of aliphatic hydroxyl groups is 2. The zero-order valence-corrected chi connectivity index (χ0v) is 79.0. The molecule has 4 aliphatic rings. The fourth-order valence-electron chi connectivity index (χ4n) is 15.5. The summed E-state index contributed by atoms with van der Waals surface area (Å²) in [7, 11) is 0. The minimum atomic E-state index is -1.05. The van der Waals surface area contributed by atoms with Crippen LogP contribution in [0.5, 0.6) is 0 Å². The molecule has 4 fully saturated rings. The number of nitrogens with two attached hydrogens (primary N) is 2. The first-order valence-corrected chi connectivity index (χ1v) is 46.8. The van der Waals surface area contributed by atoms with Crippen LogP contribution < -0.4 is 38.1 Å². The number of aryl methyl sites for hydroxylation is 4. The van der Waals surface area contributed by atoms with Crippen LogP contribution in [0.15, 0.2) is 321 Å². The minimum absolute atomic E-state index is 0.00899. The molecule has 12 N–H and O–H groups in total. The van der Waals surface area contributed by atoms with Crippen LogP contribution >= 0.6 is 0 Å². The Balaban J connectivity index is 0.000000137. The number of amides is 2. The highest BCUT2D eigenvalue weighted by molar-refractivity contribution is 6.08. The number of nitriles is 1. The maximum Gasteiger partial charge on any atom is 0.354 e. The molecular formula is C112H108N24O6. The van der Waals surface area contributed by atoms with Gasteiger partial charge in [0.25, 0.3) is 11.8 Å². The number of hydrogen-bond acceptors (Lipinski definition) is 19. The third kappa shape index (κ3) is 27.8. The van der Waals surface area contributed by atoms with Crippen molar-refractivity contribution in [2.75, 3.05) is 47.9 Å². The number of carbonyl (C=O) groups is 3. The van der Waals surface area contributed by atoms with Gasteiger partial charge in [-0.3, -0.25) is 34.5 Å². The van der Waals surface area contributed by atoms with E-state index in [2.05, 4.69) is 125 Å². The molecule has 4 aliphatic carbocycles. The molecule has 0 saturated heterocycles. The van der Waals surface area contributed by atoms with E-state index in [-0.39, 0.29) is 29.6 Å². The van der Waals surface area contributed by atoms with Crippen LogP contribution in [0.25, 0.3) is 37.3 Å². The van der Waals surface area contributed by atoms with Crippen molar-refractivity contribution >= 4 is 63.4 Å². The molecular weight excluding hydrogens is 1780 g/mol. The number of aromatic nitrogens is 12. The lowest BCUT2D eigenvalue weighted by Crippen LogP contribution is -2.25. The predicted octanol–water partition coefficient (Wildman–Crippen LogP) is 20.3. The molecule has 0 aliphatic heterocycles. The summed E-state index contributed by atoms with van der Waals surface area (Å²) in [6.45, 7) is 32.9. The Labute approximate surface area is 824 Å². The number of aliphatic imine (C=N–C) groups is 1. The summed E-state index contributed by atoms with van der Waals surface area (Å²) in [5, 5.41) is 73.3. The lowest BCUT2D eigenvalue weighted by atomic mass is 9.99. The largest absolute Gasteiger partial charge is 0.477 e. The lowest BCUT2D eigenvalue weighted by molar-refractivity contribution is 0.0686. The van der Waals surface area contributed by atoms with E-state index in [1.807, 2.05) is 122 Å². The van der Waals surface area contributed by atoms with E-state index >= 15 is 0 Å². The topological polar surface area (TPSA) is 396 Å². The molecule has 20 rings (SSSR count). The molecule has 142 heavy (non-hydrogen) atoms. The second-order valence-corrected chi connectivity index (χ2v) is 35.1. The zero-order chi connectivity index (χ0) is 99.4. The number of aliphatic hydroxyl groups excluding tert-OH is 2. The Morgan fingerprint density at radius 1 is 0.408 bits per heavy atom. The first-order valence-electron chi connectivity index (χ1n) is 46.8. The number of amidine groups is 1. The van der Waals surface area contributed by atoms with Gasteiger partial charge in [0, 0.05) is 90.0 Å². The molecule has 0 spiro atoms. The second kappa shape index (κ2) is 48.1. The fourth-order valence-corrected chi connectivity index (χ4v) is 15.5. The summed E-state index contributed by atoms with van der Waals surface area (Å²) in [4.78, 5) is 69.6. The Kier molecular flexibility index (Phi) is 33.6. The van der Waals surface area contributed by atoms with Crippen LogP contribution in [0.4, 0.5) is 39.8 Å². The van der Waals surface area contributed by atoms with Gasteiger partial charge >= 0.3 is 5.97 Å². The fraction of sp³-hybridized carbons (Fsp3) is 0.214. The van der Waals surface area contributed by atoms with Gasteiger partial charge in [-0.1, -0.05) is 115 Å². The number of aromatic carboxylic acids is 1. The Hall–Kier alpha value is -17.4. The van der Waals surface area contributed by atoms with Crippen molar-refractivity contribution in [3.8, 4) is 28.8 Å². The SMILES string of the molecule is Cc1cc(C(=O)O)n(-c2cccc(C#N)c2)n1.NCC1CC1.Nc1cccc(C(O)c2cccnc2)c1.[C-]#[N+]c1cccc(-n2nc(C)cc2C(=NCC2CC2)Nc2cccc(C(NCC3CC3)c3cccnc3)c2)c1.[C-]#[N+]c1cccc(-n2nc(C)cc2C(=O)Nc2cccc(C(NCC3CC3)c3cccnc3)c2)c1.[C-]#[N+]c1cccc(-n2nc(C)cc2C(=O)Nc2cccc(C(O)c3cccnc3)c2)c1. The van der Waals surface area contributed by atoms with E-state index in [1.165, 1.54) is 72.4 Å². The van der Waals surface area contributed by atoms with E-state index in [9.17, 15) is 24.6 Å². The molecule has 712 valence electrons. The molecule has 4 unspecified atom stereocenters. The van der Waals surface area contributed by atoms with Gasteiger partial charge in [-0.05, 0) is 307 Å². The number of carbonyl (C=O) groups excluding carboxylic acids is 2. The van der Waals surface area contributed by atoms with Crippen molar-refractivity contribution in [1.82, 2.24) is 69.7 Å². The molecule has 2 amide bonds. The molecule has 0 bridgehead atoms. The van der Waals surface area contributed by atoms with Crippen molar-refractivity contribution < 1.29 is 29.7 Å². The monoisotopic (exact) mass is 1880 g/mol. The van der Waals surface area contributed by atoms with Crippen LogP contribution in [0.2, 0.25) is 0 Å². The molecule has 4 atom stereocenters. The smallest absolute Gasteiger partial charge is 0.354 e. The highest BCUT2D eigenvalue weighted by Crippen LogP contribution is 2.36. The first-order chi connectivity index (χ1) is 69.1. The number of carboxylic acid groups (broad SMARTS) is 1. The van der Waals surface area contributed by atoms with Gasteiger partial charge in [-0.15, -0.1) is 0 Å². The summed E-state index contributed by atoms with van der Waals surface area (Å²) in [6, 6.07) is 83.3. The van der Waals surface area contributed by atoms with Crippen molar-refractivity contribution in [1.29, 1.82) is 5.26 Å². The minimum Gasteiger partial charge on any atom is -0.477 e. The highest BCUT2D eigenvalue weighted by Gasteiger charge is 2.29. The van der Waals surface area contributed by atoms with Crippen LogP contribution in [-0.2, 0) is 0 Å². The zero-order valence-electron chi connectivity index (χ0n) is 79.0. The molecule has 16 aromatic rings. The van der Waals surface area contributed by atoms with Gasteiger partial charge < -0.3 is 53.4 Å². The summed E-state index contributed by atoms with van der Waals surface area (Å²) in [5.41, 5.74) is 30.5. The van der Waals surface area contributed by atoms with E-state index in [1.54, 1.807) is 183 Å². The average molecular weight is 1890 g/mol. The molecule has 4 saturated carbocycles. The van der Waals surface area contributed by atoms with Crippen LogP contribution in [0, 0.1) is 82.4 Å². The molecule has 8 heterocycles. The Morgan fingerprint density at radius 3 is 1.13 bits per heavy atom. The van der Waals surface area contributed by atoms with Gasteiger partial charge in [0.1, 0.15) is 29.3 Å². The van der Waals surface area contributed by atoms with E-state index in [0.717, 1.165) is 106 Å². The second-order valence-electron chi connectivity index (χ2n) is 35.1. The van der Waals surface area contributed by atoms with Gasteiger partial charge in [0.2, 0.25) is 0 Å². The number of anilines is 4. The summed E-state index contributed by atoms with van der Waals surface area (Å²) in [6.07, 6.45) is 22.9. The number of hydrogen-bond donors (Lipinski definition) is 10. The molecule has 30 nitrogen and oxygen atoms in total. The number of nitrogen functional groups attached to an aromatic ring is 1. The Bertz CT molecular complexity index is 7240. The molecule has 30 heteroatoms. The van der Waals surface area contributed by atoms with Crippen molar-refractivity contribution in [2.45, 2.75) is 103 Å². The van der Waals surface area contributed by atoms with Crippen molar-refractivity contribution in [2.24, 2.45) is 34.4 Å². The quantitative estimate of drug-likeness (QED) is 0.00942. The van der Waals surface area contributed by atoms with Crippen molar-refractivity contribution in [3.05, 3.63) is 446 Å². The number of pyridine rings is 4. The standard InChI is InChI=1S/C32H33N7.C28H26N6O.C24H19N5O2.C12H9N3O2.C12H12N2O.C4H9N/c1-22-16-30(39(38-22)29-10-4-8-27(18-29)33-2)32(36-20-24-13-14-24)37-28-9-3-6-25(17-28)31(35-19-23-11-12-23)26-7-5-15-34-21-26;1-19-14-26(34(33-19)25-10-4-8-23(16-25)29-2)28(35)32-24-9-3-6-21(15-24)27(31-17-20-11-12-20)22-7-5-13-30-18-22;1-16-12-22(29(28-16)21-10-4-8-19(14-21)25-2)24(31)27-20-9-3-6-17(13-20)23(30)18-7-5-11-26-15-18;1-8-5-11(12(16)17)15(14-8)10-4-2-3-9(6-10)7-13;13-11-5-1-3-9(7-11)12(15)10-4-2-6-14-8-10;5-3-4-1-2-4/h3-10,15-18,21,23-24,31,35H,11-14,19-20H2,1H3,(H,36,37);3-10,13-16,18,20,27,31H,11-12,17H2,1H3,(H,32,35);3-15,23,30H,1H3,(H,27,31);2-6H,1H3,(H,16,17);1-8,12,15H,13H2;4H,1-3,5H2. The predicted molar refractivity (Wildman–Crippen MR) is 549 cm³/mol. The first kappa shape index (κ1) is 99.1. The number of nitrogens with one attached hydrogen (secondary N) is 5. The molecule has 8 aromatic heterocycles. The van der Waals surface area contributed by atoms with E-state index in [0.29, 0.717) is 96.6 Å². The third-order valence-electron chi connectivity index (χ3n) is 23.6. The molecule has 8 aromatic carbocycles. The van der Waals surface area contributed by atoms with E-state index < -0.39 is 18.2 Å². The number of benzene rings is 8. The third-order valence-corrected chi connectivity index (χ3v) is 23.6. The Morgan fingerprint density at radius 2 is 0.754 bits per heavy atom. The van der Waals surface area contributed by atoms with Gasteiger partial charge in [0.15, 0.2) is 28.6 Å². The van der Waals surface area contributed by atoms with E-state index in [4.69, 9.17) is 51.6 Å². The normalized spacial score (nSPS) is 13.6. The van der Waals surface area contributed by atoms with Gasteiger partial charge in [-0.25, -0.2) is 38.1 Å². The van der Waals surface area contributed by atoms with Crippen LogP contribution in [-0.4, -0.2) is 124 Å². The highest BCUT2D eigenvalue weighted by atomic mass is 16.4. The van der Waals surface area contributed by atoms with Crippen molar-refractivity contribution in [3.63, 3.8) is 0 Å². The summed E-state index contributed by atoms with van der Waals surface area (Å²) < 4.78 is 6.31. The maximum atomic E-state index is 13.3. The number of nitrogens with zero attached hydrogens (tertiary/aromatic N) is 17. The van der Waals surface area contributed by atoms with Gasteiger partial charge in [0.05, 0.1) is 89.0 Å². The summed E-state index contributed by atoms with van der Waals surface area (Å²) in [5.74, 6) is 2.21. The lowest BCUT2D eigenvalue weighted by Gasteiger charge is -2.21.